The lowest BCUT2D eigenvalue weighted by atomic mass is 9.82. The molecule has 1 aromatic rings. The number of amides is 2. The van der Waals surface area contributed by atoms with Gasteiger partial charge in [-0.2, -0.15) is 0 Å². The van der Waals surface area contributed by atoms with Crippen LogP contribution in [-0.2, 0) is 0 Å². The Hall–Kier alpha value is -1.13. The quantitative estimate of drug-likeness (QED) is 0.749. The fraction of sp³-hybridized carbons (Fsp3) is 0.562. The highest BCUT2D eigenvalue weighted by Gasteiger charge is 2.26. The van der Waals surface area contributed by atoms with Gasteiger partial charge in [0, 0.05) is 10.6 Å². The van der Waals surface area contributed by atoms with Crippen LogP contribution in [0.5, 0.6) is 5.75 Å². The Balaban J connectivity index is 2.43. The van der Waals surface area contributed by atoms with Gasteiger partial charge in [0.25, 0.3) is 0 Å². The Morgan fingerprint density at radius 3 is 2.36 bits per heavy atom. The van der Waals surface area contributed by atoms with Gasteiger partial charge in [0.05, 0.1) is 5.02 Å². The zero-order valence-electron chi connectivity index (χ0n) is 13.7. The maximum absolute atomic E-state index is 11.9. The summed E-state index contributed by atoms with van der Waals surface area (Å²) in [4.78, 5) is 11.9. The molecule has 0 unspecified atom stereocenters. The second-order valence-corrected chi connectivity index (χ2v) is 7.96. The highest BCUT2D eigenvalue weighted by atomic mass is 35.5. The summed E-state index contributed by atoms with van der Waals surface area (Å²) in [6, 6.07) is 4.65. The first-order valence-corrected chi connectivity index (χ1v) is 7.88. The van der Waals surface area contributed by atoms with Crippen molar-refractivity contribution in [1.29, 1.82) is 0 Å². The summed E-state index contributed by atoms with van der Waals surface area (Å²) in [5, 5.41) is 6.53. The summed E-state index contributed by atoms with van der Waals surface area (Å²) in [5.41, 5.74) is -0.176. The van der Waals surface area contributed by atoms with E-state index in [-0.39, 0.29) is 23.7 Å². The predicted octanol–water partition coefficient (Wildman–Crippen LogP) is 4.84. The number of urea groups is 1. The van der Waals surface area contributed by atoms with Crippen molar-refractivity contribution in [3.63, 3.8) is 0 Å². The molecule has 0 saturated heterocycles. The maximum atomic E-state index is 11.9. The van der Waals surface area contributed by atoms with Gasteiger partial charge in [-0.3, -0.25) is 0 Å². The normalized spacial score (nSPS) is 12.0. The van der Waals surface area contributed by atoms with E-state index < -0.39 is 0 Å². The van der Waals surface area contributed by atoms with Crippen molar-refractivity contribution in [1.82, 2.24) is 10.6 Å². The largest absolute Gasteiger partial charge is 0.472 e. The Bertz CT molecular complexity index is 525. The molecule has 0 aliphatic carbocycles. The summed E-state index contributed by atoms with van der Waals surface area (Å²) in [5.74, 6) is 0.473. The van der Waals surface area contributed by atoms with Gasteiger partial charge >= 0.3 is 6.03 Å². The number of hydrogen-bond donors (Lipinski definition) is 2. The minimum Gasteiger partial charge on any atom is -0.472 e. The standard InChI is InChI=1S/C16H24Cl2N2O2/c1-15(2,3)9-16(4,5)20-14(21)19-10-22-13-7-6-11(17)8-12(13)18/h6-8H,9-10H2,1-5H3,(H2,19,20,21). The molecule has 0 aliphatic heterocycles. The average molecular weight is 347 g/mol. The van der Waals surface area contributed by atoms with Gasteiger partial charge < -0.3 is 15.4 Å². The van der Waals surface area contributed by atoms with E-state index in [0.717, 1.165) is 6.42 Å². The number of benzene rings is 1. The zero-order chi connectivity index (χ0) is 17.0. The van der Waals surface area contributed by atoms with Gasteiger partial charge in [-0.15, -0.1) is 0 Å². The Morgan fingerprint density at radius 1 is 1.18 bits per heavy atom. The fourth-order valence-corrected chi connectivity index (χ4v) is 2.96. The van der Waals surface area contributed by atoms with Gasteiger partial charge in [0.15, 0.2) is 6.73 Å². The number of ether oxygens (including phenoxy) is 1. The molecule has 0 radical (unpaired) electrons. The van der Waals surface area contributed by atoms with E-state index in [1.165, 1.54) is 0 Å². The third kappa shape index (κ3) is 7.23. The lowest BCUT2D eigenvalue weighted by Crippen LogP contribution is -2.50. The molecule has 0 bridgehead atoms. The van der Waals surface area contributed by atoms with Crippen molar-refractivity contribution < 1.29 is 9.53 Å². The van der Waals surface area contributed by atoms with E-state index in [1.54, 1.807) is 18.2 Å². The predicted molar refractivity (Wildman–Crippen MR) is 91.8 cm³/mol. The van der Waals surface area contributed by atoms with Gasteiger partial charge in [-0.25, -0.2) is 4.79 Å². The third-order valence-electron chi connectivity index (χ3n) is 2.78. The van der Waals surface area contributed by atoms with E-state index in [1.807, 2.05) is 13.8 Å². The maximum Gasteiger partial charge on any atom is 0.317 e. The minimum atomic E-state index is -0.305. The number of halogens is 2. The molecule has 0 heterocycles. The molecule has 1 aromatic carbocycles. The summed E-state index contributed by atoms with van der Waals surface area (Å²) in [7, 11) is 0. The molecule has 0 spiro atoms. The van der Waals surface area contributed by atoms with Crippen LogP contribution in [0.2, 0.25) is 10.0 Å². The van der Waals surface area contributed by atoms with Crippen molar-refractivity contribution in [3.8, 4) is 5.75 Å². The Labute approximate surface area is 142 Å². The van der Waals surface area contributed by atoms with Crippen LogP contribution in [0, 0.1) is 5.41 Å². The Morgan fingerprint density at radius 2 is 1.82 bits per heavy atom. The molecule has 4 nitrogen and oxygen atoms in total. The molecule has 0 aliphatic rings. The van der Waals surface area contributed by atoms with Gasteiger partial charge in [0.2, 0.25) is 0 Å². The fourth-order valence-electron chi connectivity index (χ4n) is 2.49. The van der Waals surface area contributed by atoms with Crippen LogP contribution in [0.3, 0.4) is 0 Å². The summed E-state index contributed by atoms with van der Waals surface area (Å²) in [6.45, 7) is 10.4. The number of carbonyl (C=O) groups excluding carboxylic acids is 1. The van der Waals surface area contributed by atoms with E-state index in [0.29, 0.717) is 15.8 Å². The monoisotopic (exact) mass is 346 g/mol. The lowest BCUT2D eigenvalue weighted by Gasteiger charge is -2.33. The second kappa shape index (κ2) is 7.42. The highest BCUT2D eigenvalue weighted by Crippen LogP contribution is 2.28. The van der Waals surface area contributed by atoms with Crippen LogP contribution in [0.1, 0.15) is 41.0 Å². The molecule has 0 saturated carbocycles. The van der Waals surface area contributed by atoms with Crippen molar-refractivity contribution in [2.24, 2.45) is 5.41 Å². The molecule has 22 heavy (non-hydrogen) atoms. The van der Waals surface area contributed by atoms with Gasteiger partial charge in [-0.1, -0.05) is 44.0 Å². The number of rotatable bonds is 5. The molecule has 124 valence electrons. The van der Waals surface area contributed by atoms with E-state index in [4.69, 9.17) is 27.9 Å². The smallest absolute Gasteiger partial charge is 0.317 e. The highest BCUT2D eigenvalue weighted by molar-refractivity contribution is 6.35. The molecular weight excluding hydrogens is 323 g/mol. The van der Waals surface area contributed by atoms with Crippen LogP contribution in [0.15, 0.2) is 18.2 Å². The SMILES string of the molecule is CC(C)(C)CC(C)(C)NC(=O)NCOc1ccc(Cl)cc1Cl. The Kier molecular flexibility index (Phi) is 6.38. The molecular formula is C16H24Cl2N2O2. The van der Waals surface area contributed by atoms with Crippen molar-refractivity contribution >= 4 is 29.2 Å². The van der Waals surface area contributed by atoms with Crippen LogP contribution < -0.4 is 15.4 Å². The first-order chi connectivity index (χ1) is 9.98. The number of nitrogens with one attached hydrogen (secondary N) is 2. The van der Waals surface area contributed by atoms with E-state index in [2.05, 4.69) is 31.4 Å². The molecule has 0 atom stereocenters. The molecule has 6 heteroatoms. The number of carbonyl (C=O) groups is 1. The summed E-state index contributed by atoms with van der Waals surface area (Å²) in [6.07, 6.45) is 0.858. The molecule has 2 amide bonds. The van der Waals surface area contributed by atoms with Crippen LogP contribution in [-0.4, -0.2) is 18.3 Å². The van der Waals surface area contributed by atoms with Gasteiger partial charge in [-0.05, 0) is 43.9 Å². The first kappa shape index (κ1) is 18.9. The topological polar surface area (TPSA) is 50.4 Å². The van der Waals surface area contributed by atoms with Gasteiger partial charge in [0.1, 0.15) is 5.75 Å². The van der Waals surface area contributed by atoms with Crippen LogP contribution >= 0.6 is 23.2 Å². The minimum absolute atomic E-state index is 0.0266. The zero-order valence-corrected chi connectivity index (χ0v) is 15.2. The van der Waals surface area contributed by atoms with E-state index in [9.17, 15) is 4.79 Å². The van der Waals surface area contributed by atoms with Crippen molar-refractivity contribution in [2.45, 2.75) is 46.6 Å². The van der Waals surface area contributed by atoms with Crippen molar-refractivity contribution in [2.75, 3.05) is 6.73 Å². The third-order valence-corrected chi connectivity index (χ3v) is 3.31. The summed E-state index contributed by atoms with van der Waals surface area (Å²) < 4.78 is 5.42. The second-order valence-electron chi connectivity index (χ2n) is 7.12. The first-order valence-electron chi connectivity index (χ1n) is 7.12. The lowest BCUT2D eigenvalue weighted by molar-refractivity contribution is 0.199. The molecule has 0 fully saturated rings. The summed E-state index contributed by atoms with van der Waals surface area (Å²) >= 11 is 11.8. The van der Waals surface area contributed by atoms with E-state index >= 15 is 0 Å². The average Bonchev–Trinajstić information content (AvgIpc) is 2.27. The van der Waals surface area contributed by atoms with Crippen LogP contribution in [0.4, 0.5) is 4.79 Å². The molecule has 2 N–H and O–H groups in total. The van der Waals surface area contributed by atoms with Crippen LogP contribution in [0.25, 0.3) is 0 Å². The van der Waals surface area contributed by atoms with Crippen molar-refractivity contribution in [3.05, 3.63) is 28.2 Å². The molecule has 0 aromatic heterocycles. The molecule has 1 rings (SSSR count). The number of hydrogen-bond acceptors (Lipinski definition) is 2.